The van der Waals surface area contributed by atoms with E-state index in [2.05, 4.69) is 5.10 Å². The van der Waals surface area contributed by atoms with Crippen molar-refractivity contribution in [3.63, 3.8) is 0 Å². The predicted octanol–water partition coefficient (Wildman–Crippen LogP) is 2.62. The normalized spacial score (nSPS) is 26.5. The molecule has 5 nitrogen and oxygen atoms in total. The van der Waals surface area contributed by atoms with Crippen LogP contribution in [0.15, 0.2) is 18.2 Å². The Kier molecular flexibility index (Phi) is 3.86. The molecule has 1 amide bonds. The number of aryl methyl sites for hydroxylation is 1. The fraction of sp³-hybridized carbons (Fsp3) is 0.524. The van der Waals surface area contributed by atoms with Gasteiger partial charge in [-0.2, -0.15) is 5.10 Å². The van der Waals surface area contributed by atoms with Crippen LogP contribution in [-0.2, 0) is 12.8 Å². The summed E-state index contributed by atoms with van der Waals surface area (Å²) >= 11 is 0. The van der Waals surface area contributed by atoms with Gasteiger partial charge in [0.05, 0.1) is 0 Å². The molecule has 0 bridgehead atoms. The summed E-state index contributed by atoms with van der Waals surface area (Å²) in [5.74, 6) is 0.626. The summed E-state index contributed by atoms with van der Waals surface area (Å²) < 4.78 is 16.2. The van der Waals surface area contributed by atoms with E-state index in [1.54, 1.807) is 10.7 Å². The molecule has 2 heterocycles. The molecule has 3 aliphatic rings. The first-order valence-corrected chi connectivity index (χ1v) is 9.95. The van der Waals surface area contributed by atoms with E-state index < -0.39 is 0 Å². The Bertz CT molecular complexity index is 921. The second kappa shape index (κ2) is 6.16. The van der Waals surface area contributed by atoms with Gasteiger partial charge in [0.1, 0.15) is 11.5 Å². The summed E-state index contributed by atoms with van der Waals surface area (Å²) in [5, 5.41) is 4.60. The van der Waals surface area contributed by atoms with Gasteiger partial charge in [-0.1, -0.05) is 6.07 Å². The van der Waals surface area contributed by atoms with Gasteiger partial charge in [-0.25, -0.2) is 9.07 Å². The summed E-state index contributed by atoms with van der Waals surface area (Å²) in [6, 6.07) is 5.36. The summed E-state index contributed by atoms with van der Waals surface area (Å²) in [4.78, 5) is 15.2. The molecule has 1 aromatic carbocycles. The molecule has 5 rings (SSSR count). The molecule has 1 saturated heterocycles. The van der Waals surface area contributed by atoms with Crippen molar-refractivity contribution < 1.29 is 9.18 Å². The molecule has 0 spiro atoms. The highest BCUT2D eigenvalue weighted by Crippen LogP contribution is 2.38. The Balaban J connectivity index is 1.50. The van der Waals surface area contributed by atoms with E-state index in [1.807, 2.05) is 17.9 Å². The number of carbonyl (C=O) groups is 1. The van der Waals surface area contributed by atoms with Crippen molar-refractivity contribution in [2.24, 2.45) is 17.6 Å². The van der Waals surface area contributed by atoms with Gasteiger partial charge in [-0.15, -0.1) is 0 Å². The van der Waals surface area contributed by atoms with Crippen molar-refractivity contribution in [3.8, 4) is 5.69 Å². The monoisotopic (exact) mass is 368 g/mol. The fourth-order valence-electron chi connectivity index (χ4n) is 5.22. The molecular formula is C21H25FN4O. The third-order valence-corrected chi connectivity index (χ3v) is 6.66. The maximum Gasteiger partial charge on any atom is 0.274 e. The highest BCUT2D eigenvalue weighted by Gasteiger charge is 2.43. The van der Waals surface area contributed by atoms with Crippen LogP contribution in [0.3, 0.4) is 0 Å². The summed E-state index contributed by atoms with van der Waals surface area (Å²) in [6.45, 7) is 3.37. The SMILES string of the molecule is Cc1ccc(-n2nc(C(=O)N3CC4CCC(N)C4C3)c3c2CCC3)c(F)c1. The van der Waals surface area contributed by atoms with Crippen LogP contribution in [0.1, 0.15) is 46.6 Å². The van der Waals surface area contributed by atoms with Crippen molar-refractivity contribution in [3.05, 3.63) is 46.5 Å². The maximum atomic E-state index is 14.5. The number of halogens is 1. The lowest BCUT2D eigenvalue weighted by atomic mass is 9.98. The van der Waals surface area contributed by atoms with E-state index in [1.165, 1.54) is 6.07 Å². The van der Waals surface area contributed by atoms with Gasteiger partial charge in [0.15, 0.2) is 5.69 Å². The second-order valence-electron chi connectivity index (χ2n) is 8.37. The molecule has 2 aromatic rings. The minimum atomic E-state index is -0.298. The molecule has 1 aromatic heterocycles. The first-order valence-electron chi connectivity index (χ1n) is 9.95. The molecule has 1 aliphatic heterocycles. The lowest BCUT2D eigenvalue weighted by Crippen LogP contribution is -2.34. The number of nitrogens with zero attached hydrogens (tertiary/aromatic N) is 3. The Morgan fingerprint density at radius 3 is 2.89 bits per heavy atom. The van der Waals surface area contributed by atoms with Crippen molar-refractivity contribution in [2.75, 3.05) is 13.1 Å². The van der Waals surface area contributed by atoms with Crippen molar-refractivity contribution in [1.29, 1.82) is 0 Å². The smallest absolute Gasteiger partial charge is 0.274 e. The number of fused-ring (bicyclic) bond motifs is 2. The van der Waals surface area contributed by atoms with Gasteiger partial charge in [0, 0.05) is 30.4 Å². The first-order chi connectivity index (χ1) is 13.0. The number of benzene rings is 1. The third kappa shape index (κ3) is 2.61. The zero-order valence-electron chi connectivity index (χ0n) is 15.6. The number of hydrogen-bond acceptors (Lipinski definition) is 3. The lowest BCUT2D eigenvalue weighted by Gasteiger charge is -2.18. The average Bonchev–Trinajstić information content (AvgIpc) is 3.37. The van der Waals surface area contributed by atoms with Crippen LogP contribution in [0.5, 0.6) is 0 Å². The van der Waals surface area contributed by atoms with Crippen LogP contribution in [0.25, 0.3) is 5.69 Å². The largest absolute Gasteiger partial charge is 0.337 e. The molecule has 3 atom stereocenters. The molecular weight excluding hydrogens is 343 g/mol. The van der Waals surface area contributed by atoms with Crippen LogP contribution >= 0.6 is 0 Å². The standard InChI is InChI=1S/C21H25FN4O/c1-12-5-8-19(16(22)9-12)26-18-4-2-3-14(18)20(24-26)21(27)25-10-13-6-7-17(23)15(13)11-25/h5,8-9,13,15,17H,2-4,6-7,10-11,23H2,1H3. The maximum absolute atomic E-state index is 14.5. The van der Waals surface area contributed by atoms with Crippen LogP contribution in [0, 0.1) is 24.6 Å². The number of nitrogens with two attached hydrogens (primary N) is 1. The van der Waals surface area contributed by atoms with E-state index >= 15 is 0 Å². The van der Waals surface area contributed by atoms with Crippen molar-refractivity contribution in [1.82, 2.24) is 14.7 Å². The number of aromatic nitrogens is 2. The predicted molar refractivity (Wildman–Crippen MR) is 100 cm³/mol. The topological polar surface area (TPSA) is 64.2 Å². The van der Waals surface area contributed by atoms with Crippen LogP contribution < -0.4 is 5.73 Å². The highest BCUT2D eigenvalue weighted by atomic mass is 19.1. The molecule has 142 valence electrons. The lowest BCUT2D eigenvalue weighted by molar-refractivity contribution is 0.0772. The van der Waals surface area contributed by atoms with Gasteiger partial charge < -0.3 is 10.6 Å². The minimum Gasteiger partial charge on any atom is -0.337 e. The Morgan fingerprint density at radius 1 is 1.26 bits per heavy atom. The van der Waals surface area contributed by atoms with Crippen molar-refractivity contribution in [2.45, 2.75) is 45.1 Å². The van der Waals surface area contributed by atoms with E-state index in [0.717, 1.165) is 62.0 Å². The minimum absolute atomic E-state index is 0.0129. The van der Waals surface area contributed by atoms with Gasteiger partial charge in [0.2, 0.25) is 0 Å². The highest BCUT2D eigenvalue weighted by molar-refractivity contribution is 5.94. The quantitative estimate of drug-likeness (QED) is 0.886. The molecule has 2 fully saturated rings. The fourth-order valence-corrected chi connectivity index (χ4v) is 5.22. The van der Waals surface area contributed by atoms with E-state index in [-0.39, 0.29) is 17.8 Å². The van der Waals surface area contributed by atoms with Crippen LogP contribution in [-0.4, -0.2) is 39.7 Å². The number of amides is 1. The van der Waals surface area contributed by atoms with Crippen LogP contribution in [0.2, 0.25) is 0 Å². The molecule has 6 heteroatoms. The zero-order valence-corrected chi connectivity index (χ0v) is 15.6. The third-order valence-electron chi connectivity index (χ3n) is 6.66. The van der Waals surface area contributed by atoms with Crippen LogP contribution in [0.4, 0.5) is 4.39 Å². The van der Waals surface area contributed by atoms with E-state index in [9.17, 15) is 9.18 Å². The summed E-state index contributed by atoms with van der Waals surface area (Å²) in [6.07, 6.45) is 4.82. The molecule has 0 radical (unpaired) electrons. The Morgan fingerprint density at radius 2 is 2.11 bits per heavy atom. The first kappa shape index (κ1) is 16.9. The number of rotatable bonds is 2. The number of likely N-dealkylation sites (tertiary alicyclic amines) is 1. The number of hydrogen-bond donors (Lipinski definition) is 1. The zero-order chi connectivity index (χ0) is 18.7. The summed E-state index contributed by atoms with van der Waals surface area (Å²) in [5.41, 5.74) is 10.0. The van der Waals surface area contributed by atoms with Gasteiger partial charge in [-0.3, -0.25) is 4.79 Å². The Hall–Kier alpha value is -2.21. The van der Waals surface area contributed by atoms with Crippen molar-refractivity contribution >= 4 is 5.91 Å². The average molecular weight is 368 g/mol. The molecule has 2 N–H and O–H groups in total. The Labute approximate surface area is 158 Å². The van der Waals surface area contributed by atoms with Gasteiger partial charge >= 0.3 is 0 Å². The molecule has 2 aliphatic carbocycles. The molecule has 3 unspecified atom stereocenters. The van der Waals surface area contributed by atoms with Gasteiger partial charge in [0.25, 0.3) is 5.91 Å². The molecule has 1 saturated carbocycles. The van der Waals surface area contributed by atoms with E-state index in [4.69, 9.17) is 5.73 Å². The summed E-state index contributed by atoms with van der Waals surface area (Å²) in [7, 11) is 0. The van der Waals surface area contributed by atoms with E-state index in [0.29, 0.717) is 23.2 Å². The number of carbonyl (C=O) groups excluding carboxylic acids is 1. The second-order valence-corrected chi connectivity index (χ2v) is 8.37. The molecule has 27 heavy (non-hydrogen) atoms. The van der Waals surface area contributed by atoms with Gasteiger partial charge in [-0.05, 0) is 68.6 Å².